The molecule has 0 aliphatic heterocycles. The van der Waals surface area contributed by atoms with Gasteiger partial charge in [-0.3, -0.25) is 4.72 Å². The molecular weight excluding hydrogens is 254 g/mol. The zero-order valence-corrected chi connectivity index (χ0v) is 10.1. The Morgan fingerprint density at radius 2 is 1.50 bits per heavy atom. The van der Waals surface area contributed by atoms with Gasteiger partial charge in [0, 0.05) is 12.1 Å². The summed E-state index contributed by atoms with van der Waals surface area (Å²) in [6.45, 7) is 0. The highest BCUT2D eigenvalue weighted by Crippen LogP contribution is 2.21. The predicted octanol–water partition coefficient (Wildman–Crippen LogP) is 1.90. The van der Waals surface area contributed by atoms with Crippen molar-refractivity contribution in [3.05, 3.63) is 48.5 Å². The highest BCUT2D eigenvalue weighted by atomic mass is 32.2. The third-order valence-electron chi connectivity index (χ3n) is 2.23. The minimum absolute atomic E-state index is 0.0360. The second-order valence-corrected chi connectivity index (χ2v) is 5.34. The van der Waals surface area contributed by atoms with E-state index < -0.39 is 10.0 Å². The van der Waals surface area contributed by atoms with E-state index >= 15 is 0 Å². The van der Waals surface area contributed by atoms with Crippen molar-refractivity contribution in [3.8, 4) is 11.5 Å². The van der Waals surface area contributed by atoms with Crippen LogP contribution in [0.25, 0.3) is 0 Å². The molecule has 0 unspecified atom stereocenters. The number of phenolic OH excluding ortho intramolecular Hbond substituents is 2. The van der Waals surface area contributed by atoms with E-state index in [-0.39, 0.29) is 22.1 Å². The van der Waals surface area contributed by atoms with Crippen LogP contribution in [-0.4, -0.2) is 18.6 Å². The lowest BCUT2D eigenvalue weighted by molar-refractivity contribution is 0.473. The topological polar surface area (TPSA) is 86.6 Å². The first-order valence-electron chi connectivity index (χ1n) is 5.08. The van der Waals surface area contributed by atoms with Crippen molar-refractivity contribution >= 4 is 15.7 Å². The molecule has 2 aromatic rings. The van der Waals surface area contributed by atoms with Crippen LogP contribution >= 0.6 is 0 Å². The lowest BCUT2D eigenvalue weighted by Crippen LogP contribution is -2.12. The van der Waals surface area contributed by atoms with Gasteiger partial charge in [-0.2, -0.15) is 0 Å². The zero-order valence-electron chi connectivity index (χ0n) is 9.24. The maximum Gasteiger partial charge on any atom is 0.262 e. The minimum atomic E-state index is -3.77. The van der Waals surface area contributed by atoms with Gasteiger partial charge in [-0.05, 0) is 24.3 Å². The molecule has 94 valence electrons. The molecule has 0 saturated carbocycles. The van der Waals surface area contributed by atoms with E-state index in [0.717, 1.165) is 6.07 Å². The van der Waals surface area contributed by atoms with Gasteiger partial charge >= 0.3 is 0 Å². The van der Waals surface area contributed by atoms with Crippen LogP contribution in [0.15, 0.2) is 53.4 Å². The molecule has 18 heavy (non-hydrogen) atoms. The first kappa shape index (κ1) is 12.3. The normalized spacial score (nSPS) is 11.1. The zero-order chi connectivity index (χ0) is 13.2. The number of benzene rings is 2. The van der Waals surface area contributed by atoms with E-state index in [9.17, 15) is 18.6 Å². The number of anilines is 1. The molecular formula is C12H11NO4S. The standard InChI is InChI=1S/C12H11NO4S/c14-10-4-1-3-9(7-10)13-18(16,17)12-6-2-5-11(15)8-12/h1-8,13-15H. The molecule has 0 heterocycles. The molecule has 0 atom stereocenters. The number of hydrogen-bond acceptors (Lipinski definition) is 4. The van der Waals surface area contributed by atoms with Crippen molar-refractivity contribution in [3.63, 3.8) is 0 Å². The van der Waals surface area contributed by atoms with Gasteiger partial charge in [-0.15, -0.1) is 0 Å². The molecule has 0 fully saturated rings. The lowest BCUT2D eigenvalue weighted by atomic mass is 10.3. The van der Waals surface area contributed by atoms with Gasteiger partial charge in [0.1, 0.15) is 11.5 Å². The average Bonchev–Trinajstić information content (AvgIpc) is 2.28. The van der Waals surface area contributed by atoms with Crippen LogP contribution in [-0.2, 0) is 10.0 Å². The molecule has 2 aromatic carbocycles. The largest absolute Gasteiger partial charge is 0.508 e. The molecule has 0 aliphatic carbocycles. The first-order chi connectivity index (χ1) is 8.47. The van der Waals surface area contributed by atoms with Crippen molar-refractivity contribution in [2.24, 2.45) is 0 Å². The SMILES string of the molecule is O=S(=O)(Nc1cccc(O)c1)c1cccc(O)c1. The van der Waals surface area contributed by atoms with Gasteiger partial charge in [0.05, 0.1) is 10.6 Å². The number of sulfonamides is 1. The number of rotatable bonds is 3. The number of phenols is 2. The number of aromatic hydroxyl groups is 2. The Bertz CT molecular complexity index is 667. The summed E-state index contributed by atoms with van der Waals surface area (Å²) < 4.78 is 26.2. The summed E-state index contributed by atoms with van der Waals surface area (Å²) in [6, 6.07) is 11.1. The first-order valence-corrected chi connectivity index (χ1v) is 6.56. The second kappa shape index (κ2) is 4.58. The van der Waals surface area contributed by atoms with Gasteiger partial charge in [0.25, 0.3) is 10.0 Å². The van der Waals surface area contributed by atoms with Gasteiger partial charge in [-0.25, -0.2) is 8.42 Å². The molecule has 5 nitrogen and oxygen atoms in total. The number of hydrogen-bond donors (Lipinski definition) is 3. The van der Waals surface area contributed by atoms with Crippen molar-refractivity contribution in [2.45, 2.75) is 4.90 Å². The van der Waals surface area contributed by atoms with Crippen molar-refractivity contribution < 1.29 is 18.6 Å². The van der Waals surface area contributed by atoms with E-state index in [1.54, 1.807) is 0 Å². The van der Waals surface area contributed by atoms with Crippen molar-refractivity contribution in [1.82, 2.24) is 0 Å². The molecule has 0 aliphatic rings. The van der Waals surface area contributed by atoms with Crippen molar-refractivity contribution in [1.29, 1.82) is 0 Å². The predicted molar refractivity (Wildman–Crippen MR) is 67.0 cm³/mol. The fraction of sp³-hybridized carbons (Fsp3) is 0. The molecule has 0 spiro atoms. The highest BCUT2D eigenvalue weighted by molar-refractivity contribution is 7.92. The fourth-order valence-electron chi connectivity index (χ4n) is 1.43. The summed E-state index contributed by atoms with van der Waals surface area (Å²) in [5, 5.41) is 18.5. The van der Waals surface area contributed by atoms with Crippen LogP contribution in [0.1, 0.15) is 0 Å². The Morgan fingerprint density at radius 1 is 0.889 bits per heavy atom. The Labute approximate surface area is 104 Å². The molecule has 0 amide bonds. The number of nitrogens with one attached hydrogen (secondary N) is 1. The van der Waals surface area contributed by atoms with Crippen molar-refractivity contribution in [2.75, 3.05) is 4.72 Å². The van der Waals surface area contributed by atoms with Gasteiger partial charge in [0.15, 0.2) is 0 Å². The van der Waals surface area contributed by atoms with Crippen LogP contribution in [0.4, 0.5) is 5.69 Å². The van der Waals surface area contributed by atoms with Crippen LogP contribution in [0, 0.1) is 0 Å². The van der Waals surface area contributed by atoms with Gasteiger partial charge in [0.2, 0.25) is 0 Å². The summed E-state index contributed by atoms with van der Waals surface area (Å²) in [5.74, 6) is -0.167. The minimum Gasteiger partial charge on any atom is -0.508 e. The van der Waals surface area contributed by atoms with E-state index in [1.165, 1.54) is 42.5 Å². The van der Waals surface area contributed by atoms with Crippen LogP contribution in [0.3, 0.4) is 0 Å². The molecule has 6 heteroatoms. The van der Waals surface area contributed by atoms with E-state index in [4.69, 9.17) is 0 Å². The summed E-state index contributed by atoms with van der Waals surface area (Å²) in [4.78, 5) is -0.0501. The molecule has 0 aromatic heterocycles. The highest BCUT2D eigenvalue weighted by Gasteiger charge is 2.14. The smallest absolute Gasteiger partial charge is 0.262 e. The Kier molecular flexibility index (Phi) is 3.12. The maximum atomic E-state index is 12.0. The lowest BCUT2D eigenvalue weighted by Gasteiger charge is -2.08. The molecule has 0 saturated heterocycles. The van der Waals surface area contributed by atoms with Crippen LogP contribution < -0.4 is 4.72 Å². The monoisotopic (exact) mass is 265 g/mol. The molecule has 3 N–H and O–H groups in total. The third-order valence-corrected chi connectivity index (χ3v) is 3.61. The fourth-order valence-corrected chi connectivity index (χ4v) is 2.52. The molecule has 2 rings (SSSR count). The Hall–Kier alpha value is -2.21. The summed E-state index contributed by atoms with van der Waals surface area (Å²) in [7, 11) is -3.77. The summed E-state index contributed by atoms with van der Waals surface area (Å²) in [5.41, 5.74) is 0.248. The Balaban J connectivity index is 2.33. The molecule has 0 radical (unpaired) electrons. The molecule has 0 bridgehead atoms. The van der Waals surface area contributed by atoms with Crippen LogP contribution in [0.2, 0.25) is 0 Å². The van der Waals surface area contributed by atoms with Gasteiger partial charge < -0.3 is 10.2 Å². The van der Waals surface area contributed by atoms with Gasteiger partial charge in [-0.1, -0.05) is 12.1 Å². The summed E-state index contributed by atoms with van der Waals surface area (Å²) >= 11 is 0. The average molecular weight is 265 g/mol. The maximum absolute atomic E-state index is 12.0. The van der Waals surface area contributed by atoms with Crippen LogP contribution in [0.5, 0.6) is 11.5 Å². The van der Waals surface area contributed by atoms with E-state index in [0.29, 0.717) is 0 Å². The quantitative estimate of drug-likeness (QED) is 0.791. The third kappa shape index (κ3) is 2.72. The Morgan fingerprint density at radius 3 is 2.11 bits per heavy atom. The second-order valence-electron chi connectivity index (χ2n) is 3.65. The van der Waals surface area contributed by atoms with E-state index in [2.05, 4.69) is 4.72 Å². The summed E-state index contributed by atoms with van der Waals surface area (Å²) in [6.07, 6.45) is 0. The van der Waals surface area contributed by atoms with E-state index in [1.807, 2.05) is 0 Å².